The summed E-state index contributed by atoms with van der Waals surface area (Å²) in [7, 11) is -3.97. The summed E-state index contributed by atoms with van der Waals surface area (Å²) < 4.78 is 25.9. The molecule has 4 rings (SSSR count). The Labute approximate surface area is 176 Å². The van der Waals surface area contributed by atoms with E-state index in [1.807, 2.05) is 18.3 Å². The fourth-order valence-corrected chi connectivity index (χ4v) is 6.91. The van der Waals surface area contributed by atoms with Gasteiger partial charge in [-0.3, -0.25) is 9.78 Å². The Balaban J connectivity index is 1.67. The molecule has 0 aliphatic carbocycles. The van der Waals surface area contributed by atoms with Crippen LogP contribution in [0.15, 0.2) is 53.7 Å². The van der Waals surface area contributed by atoms with E-state index in [0.717, 1.165) is 12.0 Å². The topological polar surface area (TPSA) is 79.4 Å². The predicted molar refractivity (Wildman–Crippen MR) is 112 cm³/mol. The molecule has 1 amide bonds. The van der Waals surface area contributed by atoms with Crippen molar-refractivity contribution in [2.45, 2.75) is 34.8 Å². The first-order valence-electron chi connectivity index (χ1n) is 9.85. The second-order valence-corrected chi connectivity index (χ2v) is 10.4. The molecule has 2 aliphatic rings. The van der Waals surface area contributed by atoms with Crippen LogP contribution >= 0.6 is 11.6 Å². The van der Waals surface area contributed by atoms with E-state index in [2.05, 4.69) is 10.3 Å². The monoisotopic (exact) mass is 433 g/mol. The summed E-state index contributed by atoms with van der Waals surface area (Å²) in [4.78, 5) is 19.6. The molecule has 0 radical (unpaired) electrons. The minimum atomic E-state index is -3.97. The van der Waals surface area contributed by atoms with Gasteiger partial charge in [-0.15, -0.1) is 0 Å². The molecule has 2 fully saturated rings. The highest BCUT2D eigenvalue weighted by atomic mass is 35.5. The third-order valence-corrected chi connectivity index (χ3v) is 8.93. The minimum absolute atomic E-state index is 0.0294. The van der Waals surface area contributed by atoms with Crippen molar-refractivity contribution >= 4 is 27.3 Å². The van der Waals surface area contributed by atoms with Crippen LogP contribution in [0.1, 0.15) is 30.7 Å². The van der Waals surface area contributed by atoms with Gasteiger partial charge in [0, 0.05) is 37.9 Å². The number of carbonyl (C=O) groups excluding carboxylic acids is 1. The van der Waals surface area contributed by atoms with Crippen molar-refractivity contribution in [2.75, 3.05) is 26.2 Å². The molecule has 2 aliphatic heterocycles. The summed E-state index contributed by atoms with van der Waals surface area (Å²) in [5, 5.41) is 3.29. The Bertz CT molecular complexity index is 991. The Hall–Kier alpha value is -1.96. The summed E-state index contributed by atoms with van der Waals surface area (Å²) >= 11 is 6.23. The molecule has 0 bridgehead atoms. The number of nitrogens with zero attached hydrogens (tertiary/aromatic N) is 2. The number of halogens is 1. The number of benzene rings is 1. The van der Waals surface area contributed by atoms with Crippen LogP contribution in [-0.4, -0.2) is 55.1 Å². The quantitative estimate of drug-likeness (QED) is 0.801. The molecular weight excluding hydrogens is 410 g/mol. The van der Waals surface area contributed by atoms with E-state index in [9.17, 15) is 13.2 Å². The number of amides is 1. The van der Waals surface area contributed by atoms with Gasteiger partial charge in [-0.2, -0.15) is 0 Å². The van der Waals surface area contributed by atoms with Gasteiger partial charge in [0.2, 0.25) is 5.91 Å². The molecule has 8 heteroatoms. The first-order chi connectivity index (χ1) is 14.0. The van der Waals surface area contributed by atoms with E-state index in [1.165, 1.54) is 6.07 Å². The van der Waals surface area contributed by atoms with Gasteiger partial charge in [0.1, 0.15) is 0 Å². The van der Waals surface area contributed by atoms with Gasteiger partial charge < -0.3 is 10.2 Å². The molecule has 6 nitrogen and oxygen atoms in total. The summed E-state index contributed by atoms with van der Waals surface area (Å²) in [6, 6.07) is 10.3. The highest BCUT2D eigenvalue weighted by Crippen LogP contribution is 2.38. The van der Waals surface area contributed by atoms with Crippen molar-refractivity contribution in [3.05, 3.63) is 59.4 Å². The van der Waals surface area contributed by atoms with E-state index in [0.29, 0.717) is 32.5 Å². The number of hydrogen-bond acceptors (Lipinski definition) is 5. The van der Waals surface area contributed by atoms with Crippen LogP contribution in [-0.2, 0) is 14.6 Å². The molecule has 1 aromatic carbocycles. The van der Waals surface area contributed by atoms with Crippen LogP contribution in [0.3, 0.4) is 0 Å². The van der Waals surface area contributed by atoms with Crippen LogP contribution in [0, 0.1) is 0 Å². The molecule has 1 N–H and O–H groups in total. The number of sulfone groups is 1. The third kappa shape index (κ3) is 3.56. The SMILES string of the molecule is O=C(N1CCC(c2cccnc2)C1)[C@]1(S(=O)(=O)c2ccccc2Cl)CCCNC1. The molecule has 1 unspecified atom stereocenters. The van der Waals surface area contributed by atoms with Crippen molar-refractivity contribution in [1.29, 1.82) is 0 Å². The molecule has 3 heterocycles. The molecule has 0 saturated carbocycles. The Morgan fingerprint density at radius 3 is 2.76 bits per heavy atom. The van der Waals surface area contributed by atoms with E-state index in [4.69, 9.17) is 11.6 Å². The molecular formula is C21H24ClN3O3S. The van der Waals surface area contributed by atoms with Crippen molar-refractivity contribution in [1.82, 2.24) is 15.2 Å². The fourth-order valence-electron chi connectivity index (χ4n) is 4.40. The number of likely N-dealkylation sites (tertiary alicyclic amines) is 1. The molecule has 29 heavy (non-hydrogen) atoms. The van der Waals surface area contributed by atoms with E-state index >= 15 is 0 Å². The lowest BCUT2D eigenvalue weighted by Crippen LogP contribution is -2.61. The largest absolute Gasteiger partial charge is 0.341 e. The molecule has 2 aromatic rings. The van der Waals surface area contributed by atoms with Gasteiger partial charge in [0.25, 0.3) is 0 Å². The van der Waals surface area contributed by atoms with E-state index < -0.39 is 14.6 Å². The third-order valence-electron chi connectivity index (χ3n) is 6.01. The van der Waals surface area contributed by atoms with Crippen LogP contribution in [0.4, 0.5) is 0 Å². The number of piperidine rings is 1. The number of nitrogens with one attached hydrogen (secondary N) is 1. The number of pyridine rings is 1. The highest BCUT2D eigenvalue weighted by Gasteiger charge is 2.54. The van der Waals surface area contributed by atoms with Gasteiger partial charge in [0.15, 0.2) is 14.6 Å². The highest BCUT2D eigenvalue weighted by molar-refractivity contribution is 7.93. The lowest BCUT2D eigenvalue weighted by atomic mass is 9.96. The maximum absolute atomic E-state index is 13.7. The zero-order valence-corrected chi connectivity index (χ0v) is 17.6. The van der Waals surface area contributed by atoms with Crippen LogP contribution < -0.4 is 5.32 Å². The van der Waals surface area contributed by atoms with Crippen molar-refractivity contribution in [3.63, 3.8) is 0 Å². The summed E-state index contributed by atoms with van der Waals surface area (Å²) in [5.74, 6) is -0.153. The smallest absolute Gasteiger partial charge is 0.245 e. The van der Waals surface area contributed by atoms with Gasteiger partial charge in [0.05, 0.1) is 9.92 Å². The summed E-state index contributed by atoms with van der Waals surface area (Å²) in [6.07, 6.45) is 5.25. The maximum atomic E-state index is 13.7. The average Bonchev–Trinajstić information content (AvgIpc) is 3.24. The molecule has 154 valence electrons. The van der Waals surface area contributed by atoms with Crippen LogP contribution in [0.2, 0.25) is 5.02 Å². The zero-order valence-electron chi connectivity index (χ0n) is 16.1. The molecule has 1 aromatic heterocycles. The van der Waals surface area contributed by atoms with E-state index in [-0.39, 0.29) is 28.3 Å². The Morgan fingerprint density at radius 2 is 2.07 bits per heavy atom. The number of rotatable bonds is 4. The molecule has 0 spiro atoms. The van der Waals surface area contributed by atoms with Crippen molar-refractivity contribution in [3.8, 4) is 0 Å². The van der Waals surface area contributed by atoms with Gasteiger partial charge in [-0.1, -0.05) is 29.8 Å². The van der Waals surface area contributed by atoms with Gasteiger partial charge >= 0.3 is 0 Å². The molecule has 2 atom stereocenters. The summed E-state index contributed by atoms with van der Waals surface area (Å²) in [5.41, 5.74) is 1.08. The standard InChI is InChI=1S/C21H24ClN3O3S/c22-18-6-1-2-7-19(18)29(27,28)21(9-4-11-24-15-21)20(26)25-12-8-17(14-25)16-5-3-10-23-13-16/h1-3,5-7,10,13,17,24H,4,8-9,11-12,14-15H2/t17?,21-/m0/s1. The number of hydrogen-bond donors (Lipinski definition) is 1. The van der Waals surface area contributed by atoms with Crippen molar-refractivity contribution in [2.24, 2.45) is 0 Å². The van der Waals surface area contributed by atoms with E-state index in [1.54, 1.807) is 29.3 Å². The first-order valence-corrected chi connectivity index (χ1v) is 11.7. The lowest BCUT2D eigenvalue weighted by Gasteiger charge is -2.38. The fraction of sp³-hybridized carbons (Fsp3) is 0.429. The number of aromatic nitrogens is 1. The Kier molecular flexibility index (Phi) is 5.64. The average molecular weight is 434 g/mol. The van der Waals surface area contributed by atoms with Crippen molar-refractivity contribution < 1.29 is 13.2 Å². The minimum Gasteiger partial charge on any atom is -0.341 e. The van der Waals surface area contributed by atoms with Gasteiger partial charge in [-0.25, -0.2) is 8.42 Å². The van der Waals surface area contributed by atoms with Crippen LogP contribution in [0.5, 0.6) is 0 Å². The van der Waals surface area contributed by atoms with Crippen LogP contribution in [0.25, 0.3) is 0 Å². The predicted octanol–water partition coefficient (Wildman–Crippen LogP) is 2.65. The molecule has 2 saturated heterocycles. The number of carbonyl (C=O) groups is 1. The maximum Gasteiger partial charge on any atom is 0.245 e. The lowest BCUT2D eigenvalue weighted by molar-refractivity contribution is -0.133. The second-order valence-electron chi connectivity index (χ2n) is 7.73. The Morgan fingerprint density at radius 1 is 1.24 bits per heavy atom. The second kappa shape index (κ2) is 8.05. The van der Waals surface area contributed by atoms with Gasteiger partial charge in [-0.05, 0) is 49.6 Å². The first kappa shape index (κ1) is 20.3. The zero-order chi connectivity index (χ0) is 20.5. The summed E-state index contributed by atoms with van der Waals surface area (Å²) in [6.45, 7) is 1.85. The normalized spacial score (nSPS) is 25.1.